The number of aldehydes is 1. The van der Waals surface area contributed by atoms with E-state index in [4.69, 9.17) is 14.2 Å². The van der Waals surface area contributed by atoms with Crippen molar-refractivity contribution < 1.29 is 33.4 Å². The first kappa shape index (κ1) is 22.5. The lowest BCUT2D eigenvalue weighted by Gasteiger charge is -2.30. The van der Waals surface area contributed by atoms with Gasteiger partial charge in [-0.3, -0.25) is 24.5 Å². The van der Waals surface area contributed by atoms with E-state index in [1.165, 1.54) is 24.1 Å². The number of likely N-dealkylation sites (N-methyl/N-ethyl adjacent to an activating group) is 1. The third-order valence-electron chi connectivity index (χ3n) is 4.76. The van der Waals surface area contributed by atoms with Gasteiger partial charge in [-0.2, -0.15) is 0 Å². The smallest absolute Gasteiger partial charge is 0.255 e. The minimum atomic E-state index is -0.759. The fourth-order valence-electron chi connectivity index (χ4n) is 3.08. The van der Waals surface area contributed by atoms with Crippen LogP contribution in [0.2, 0.25) is 0 Å². The number of nitrogens with one attached hydrogen (secondary N) is 1. The number of amides is 3. The summed E-state index contributed by atoms with van der Waals surface area (Å²) in [6, 6.07) is 3.83. The third kappa shape index (κ3) is 5.85. The summed E-state index contributed by atoms with van der Waals surface area (Å²) in [6.45, 7) is 0.394. The molecule has 9 nitrogen and oxygen atoms in total. The van der Waals surface area contributed by atoms with Crippen molar-refractivity contribution in [1.29, 1.82) is 0 Å². The second-order valence-corrected chi connectivity index (χ2v) is 6.64. The lowest BCUT2D eigenvalue weighted by molar-refractivity contribution is -0.136. The van der Waals surface area contributed by atoms with Crippen LogP contribution >= 0.6 is 0 Å². The Hall–Kier alpha value is -2.78. The summed E-state index contributed by atoms with van der Waals surface area (Å²) in [5.41, 5.74) is 0.330. The normalized spacial score (nSPS) is 16.5. The largest absolute Gasteiger partial charge is 0.494 e. The van der Waals surface area contributed by atoms with Gasteiger partial charge in [0.15, 0.2) is 12.6 Å². The van der Waals surface area contributed by atoms with Crippen molar-refractivity contribution in [2.45, 2.75) is 38.0 Å². The van der Waals surface area contributed by atoms with Crippen LogP contribution in [0.4, 0.5) is 0 Å². The fourth-order valence-corrected chi connectivity index (χ4v) is 3.08. The molecule has 1 heterocycles. The maximum Gasteiger partial charge on any atom is 0.255 e. The summed E-state index contributed by atoms with van der Waals surface area (Å²) in [5.74, 6) is -0.894. The van der Waals surface area contributed by atoms with Crippen LogP contribution in [0.5, 0.6) is 5.75 Å². The number of ether oxygens (including phenoxy) is 3. The average Bonchev–Trinajstić information content (AvgIpc) is 2.72. The topological polar surface area (TPSA) is 111 Å². The summed E-state index contributed by atoms with van der Waals surface area (Å²) >= 11 is 0. The number of piperidine rings is 1. The monoisotopic (exact) mass is 406 g/mol. The van der Waals surface area contributed by atoms with Gasteiger partial charge in [-0.1, -0.05) is 0 Å². The van der Waals surface area contributed by atoms with Crippen LogP contribution in [0.15, 0.2) is 18.2 Å². The van der Waals surface area contributed by atoms with E-state index in [1.54, 1.807) is 20.3 Å². The molecule has 1 N–H and O–H groups in total. The molecule has 1 atom stereocenters. The Kier molecular flexibility index (Phi) is 8.29. The Morgan fingerprint density at radius 3 is 2.66 bits per heavy atom. The number of carbonyl (C=O) groups is 4. The van der Waals surface area contributed by atoms with E-state index < -0.39 is 17.9 Å². The number of methoxy groups -OCH3 is 2. The number of hydrogen-bond donors (Lipinski definition) is 1. The molecular formula is C20H26N2O7. The highest BCUT2D eigenvalue weighted by Crippen LogP contribution is 2.21. The Morgan fingerprint density at radius 1 is 1.31 bits per heavy atom. The molecule has 2 rings (SSSR count). The van der Waals surface area contributed by atoms with Gasteiger partial charge in [0.1, 0.15) is 11.8 Å². The van der Waals surface area contributed by atoms with E-state index >= 15 is 0 Å². The highest BCUT2D eigenvalue weighted by molar-refractivity contribution is 6.06. The fraction of sp³-hybridized carbons (Fsp3) is 0.500. The van der Waals surface area contributed by atoms with Crippen molar-refractivity contribution in [3.05, 3.63) is 29.3 Å². The molecule has 1 aliphatic rings. The molecule has 1 aliphatic heterocycles. The van der Waals surface area contributed by atoms with Crippen LogP contribution in [-0.2, 0) is 19.1 Å². The van der Waals surface area contributed by atoms with Gasteiger partial charge >= 0.3 is 0 Å². The summed E-state index contributed by atoms with van der Waals surface area (Å²) in [5, 5.41) is 2.22. The molecule has 158 valence electrons. The van der Waals surface area contributed by atoms with Gasteiger partial charge in [0, 0.05) is 39.7 Å². The van der Waals surface area contributed by atoms with Gasteiger partial charge in [-0.05, 0) is 31.0 Å². The van der Waals surface area contributed by atoms with Crippen LogP contribution < -0.4 is 10.1 Å². The highest BCUT2D eigenvalue weighted by Gasteiger charge is 2.33. The van der Waals surface area contributed by atoms with E-state index in [2.05, 4.69) is 5.32 Å². The predicted octanol–water partition coefficient (Wildman–Crippen LogP) is 1.15. The number of hydrogen-bond acceptors (Lipinski definition) is 7. The molecule has 0 radical (unpaired) electrons. The summed E-state index contributed by atoms with van der Waals surface area (Å²) in [6.07, 6.45) is 2.02. The van der Waals surface area contributed by atoms with E-state index in [9.17, 15) is 19.2 Å². The van der Waals surface area contributed by atoms with Crippen molar-refractivity contribution >= 4 is 24.0 Å². The lowest BCUT2D eigenvalue weighted by atomic mass is 10.0. The molecule has 1 saturated heterocycles. The first-order chi connectivity index (χ1) is 13.9. The SMILES string of the molecule is COC(CCCOc1ccc(C(=O)N(C)C2CCC(=O)NC2=O)c(C=O)c1)OC. The summed E-state index contributed by atoms with van der Waals surface area (Å²) in [4.78, 5) is 48.8. The van der Waals surface area contributed by atoms with Gasteiger partial charge in [0.2, 0.25) is 11.8 Å². The molecule has 1 aromatic carbocycles. The molecule has 29 heavy (non-hydrogen) atoms. The van der Waals surface area contributed by atoms with Crippen LogP contribution in [-0.4, -0.2) is 69.1 Å². The van der Waals surface area contributed by atoms with E-state index in [0.717, 1.165) is 0 Å². The van der Waals surface area contributed by atoms with Gasteiger partial charge in [-0.15, -0.1) is 0 Å². The minimum Gasteiger partial charge on any atom is -0.494 e. The van der Waals surface area contributed by atoms with Crippen LogP contribution in [0.3, 0.4) is 0 Å². The molecule has 1 aromatic rings. The molecule has 1 fully saturated rings. The number of carbonyl (C=O) groups excluding carboxylic acids is 4. The first-order valence-corrected chi connectivity index (χ1v) is 9.29. The molecule has 0 aliphatic carbocycles. The predicted molar refractivity (Wildman–Crippen MR) is 103 cm³/mol. The molecule has 0 bridgehead atoms. The van der Waals surface area contributed by atoms with Crippen LogP contribution in [0.1, 0.15) is 46.4 Å². The first-order valence-electron chi connectivity index (χ1n) is 9.29. The number of imide groups is 1. The highest BCUT2D eigenvalue weighted by atomic mass is 16.7. The van der Waals surface area contributed by atoms with Crippen molar-refractivity contribution in [3.8, 4) is 5.75 Å². The molecule has 0 aromatic heterocycles. The number of benzene rings is 1. The van der Waals surface area contributed by atoms with Gasteiger partial charge < -0.3 is 19.1 Å². The molecule has 3 amide bonds. The summed E-state index contributed by atoms with van der Waals surface area (Å²) in [7, 11) is 4.60. The Labute approximate surface area is 169 Å². The second-order valence-electron chi connectivity index (χ2n) is 6.64. The molecular weight excluding hydrogens is 380 g/mol. The minimum absolute atomic E-state index is 0.161. The molecule has 0 spiro atoms. The van der Waals surface area contributed by atoms with Crippen LogP contribution in [0.25, 0.3) is 0 Å². The third-order valence-corrected chi connectivity index (χ3v) is 4.76. The van der Waals surface area contributed by atoms with Crippen molar-refractivity contribution in [2.24, 2.45) is 0 Å². The quantitative estimate of drug-likeness (QED) is 0.269. The standard InChI is InChI=1S/C20H26N2O7/c1-22(16-8-9-17(24)21-19(16)25)20(26)15-7-6-14(11-13(15)12-23)29-10-4-5-18(27-2)28-3/h6-7,11-12,16,18H,4-5,8-10H2,1-3H3,(H,21,24,25). The van der Waals surface area contributed by atoms with Crippen molar-refractivity contribution in [3.63, 3.8) is 0 Å². The van der Waals surface area contributed by atoms with Gasteiger partial charge in [0.05, 0.1) is 12.2 Å². The van der Waals surface area contributed by atoms with Gasteiger partial charge in [0.25, 0.3) is 5.91 Å². The van der Waals surface area contributed by atoms with E-state index in [1.807, 2.05) is 0 Å². The molecule has 9 heteroatoms. The molecule has 0 saturated carbocycles. The van der Waals surface area contributed by atoms with E-state index in [0.29, 0.717) is 31.5 Å². The lowest BCUT2D eigenvalue weighted by Crippen LogP contribution is -2.53. The van der Waals surface area contributed by atoms with Gasteiger partial charge in [-0.25, -0.2) is 0 Å². The average molecular weight is 406 g/mol. The zero-order chi connectivity index (χ0) is 21.4. The van der Waals surface area contributed by atoms with E-state index in [-0.39, 0.29) is 36.2 Å². The Bertz CT molecular complexity index is 761. The van der Waals surface area contributed by atoms with Crippen molar-refractivity contribution in [2.75, 3.05) is 27.9 Å². The summed E-state index contributed by atoms with van der Waals surface area (Å²) < 4.78 is 15.8. The zero-order valence-electron chi connectivity index (χ0n) is 16.8. The molecule has 1 unspecified atom stereocenters. The number of rotatable bonds is 10. The Morgan fingerprint density at radius 2 is 2.03 bits per heavy atom. The number of nitrogens with zero attached hydrogens (tertiary/aromatic N) is 1. The Balaban J connectivity index is 2.02. The maximum atomic E-state index is 12.8. The zero-order valence-corrected chi connectivity index (χ0v) is 16.8. The van der Waals surface area contributed by atoms with Crippen molar-refractivity contribution in [1.82, 2.24) is 10.2 Å². The van der Waals surface area contributed by atoms with Crippen LogP contribution in [0, 0.1) is 0 Å². The second kappa shape index (κ2) is 10.7. The maximum absolute atomic E-state index is 12.8.